The summed E-state index contributed by atoms with van der Waals surface area (Å²) in [5, 5.41) is 0. The van der Waals surface area contributed by atoms with Crippen LogP contribution in [0.1, 0.15) is 16.7 Å². The summed E-state index contributed by atoms with van der Waals surface area (Å²) in [5.74, 6) is 0. The fourth-order valence-corrected chi connectivity index (χ4v) is 3.42. The van der Waals surface area contributed by atoms with Gasteiger partial charge in [-0.25, -0.2) is 13.1 Å². The molecule has 0 aromatic heterocycles. The Balaban J connectivity index is 2.04. The number of sulfonamides is 1. The fourth-order valence-electron chi connectivity index (χ4n) is 2.15. The van der Waals surface area contributed by atoms with E-state index < -0.39 is 10.0 Å². The summed E-state index contributed by atoms with van der Waals surface area (Å²) in [6.45, 7) is 4.24. The second kappa shape index (κ2) is 6.20. The Morgan fingerprint density at radius 2 is 1.50 bits per heavy atom. The van der Waals surface area contributed by atoms with Crippen LogP contribution in [0.15, 0.2) is 53.4 Å². The van der Waals surface area contributed by atoms with Crippen molar-refractivity contribution in [2.75, 3.05) is 6.54 Å². The van der Waals surface area contributed by atoms with Crippen LogP contribution >= 0.6 is 0 Å². The molecular weight excluding hydrogens is 270 g/mol. The van der Waals surface area contributed by atoms with Crippen molar-refractivity contribution in [1.82, 2.24) is 4.72 Å². The van der Waals surface area contributed by atoms with Gasteiger partial charge in [-0.15, -0.1) is 0 Å². The molecular formula is C16H19NO2S. The zero-order valence-electron chi connectivity index (χ0n) is 11.8. The van der Waals surface area contributed by atoms with Crippen molar-refractivity contribution in [2.45, 2.75) is 25.2 Å². The molecule has 0 aliphatic heterocycles. The minimum absolute atomic E-state index is 0.352. The lowest BCUT2D eigenvalue weighted by Crippen LogP contribution is -2.26. The molecule has 2 aromatic carbocycles. The molecule has 0 unspecified atom stereocenters. The lowest BCUT2D eigenvalue weighted by Gasteiger charge is -2.10. The van der Waals surface area contributed by atoms with Crippen LogP contribution in [-0.4, -0.2) is 15.0 Å². The SMILES string of the molecule is Cc1ccccc1CCNS(=O)(=O)c1ccccc1C. The fraction of sp³-hybridized carbons (Fsp3) is 0.250. The lowest BCUT2D eigenvalue weighted by atomic mass is 10.1. The molecule has 0 aliphatic carbocycles. The number of rotatable bonds is 5. The largest absolute Gasteiger partial charge is 0.240 e. The first-order chi connectivity index (χ1) is 9.50. The zero-order valence-corrected chi connectivity index (χ0v) is 12.6. The first-order valence-corrected chi connectivity index (χ1v) is 8.09. The van der Waals surface area contributed by atoms with Crippen LogP contribution in [0.2, 0.25) is 0 Å². The van der Waals surface area contributed by atoms with Gasteiger partial charge >= 0.3 is 0 Å². The summed E-state index contributed by atoms with van der Waals surface area (Å²) in [5.41, 5.74) is 3.11. The maximum absolute atomic E-state index is 12.2. The van der Waals surface area contributed by atoms with Gasteiger partial charge in [-0.3, -0.25) is 0 Å². The predicted octanol–water partition coefficient (Wildman–Crippen LogP) is 2.82. The molecule has 3 nitrogen and oxygen atoms in total. The average Bonchev–Trinajstić information content (AvgIpc) is 2.41. The predicted molar refractivity (Wildman–Crippen MR) is 81.3 cm³/mol. The highest BCUT2D eigenvalue weighted by molar-refractivity contribution is 7.89. The molecule has 20 heavy (non-hydrogen) atoms. The Morgan fingerprint density at radius 1 is 0.900 bits per heavy atom. The van der Waals surface area contributed by atoms with Gasteiger partial charge in [0.2, 0.25) is 10.0 Å². The van der Waals surface area contributed by atoms with E-state index in [4.69, 9.17) is 0 Å². The van der Waals surface area contributed by atoms with Gasteiger partial charge in [0.05, 0.1) is 4.90 Å². The third kappa shape index (κ3) is 3.46. The average molecular weight is 289 g/mol. The van der Waals surface area contributed by atoms with E-state index in [-0.39, 0.29) is 0 Å². The molecule has 4 heteroatoms. The quantitative estimate of drug-likeness (QED) is 0.920. The number of nitrogens with one attached hydrogen (secondary N) is 1. The molecule has 0 aliphatic rings. The van der Waals surface area contributed by atoms with Crippen LogP contribution in [0, 0.1) is 13.8 Å². The first-order valence-electron chi connectivity index (χ1n) is 6.60. The van der Waals surface area contributed by atoms with Gasteiger partial charge in [-0.2, -0.15) is 0 Å². The topological polar surface area (TPSA) is 46.2 Å². The van der Waals surface area contributed by atoms with Gasteiger partial charge in [0.1, 0.15) is 0 Å². The summed E-state index contributed by atoms with van der Waals surface area (Å²) >= 11 is 0. The molecule has 0 fully saturated rings. The van der Waals surface area contributed by atoms with Gasteiger partial charge in [0.15, 0.2) is 0 Å². The maximum atomic E-state index is 12.2. The minimum atomic E-state index is -3.42. The summed E-state index contributed by atoms with van der Waals surface area (Å²) in [4.78, 5) is 0.352. The molecule has 2 rings (SSSR count). The van der Waals surface area contributed by atoms with Crippen LogP contribution in [0.3, 0.4) is 0 Å². The van der Waals surface area contributed by atoms with Gasteiger partial charge in [-0.05, 0) is 43.0 Å². The van der Waals surface area contributed by atoms with Crippen molar-refractivity contribution in [3.8, 4) is 0 Å². The van der Waals surface area contributed by atoms with E-state index in [1.807, 2.05) is 37.3 Å². The highest BCUT2D eigenvalue weighted by Gasteiger charge is 2.15. The molecule has 0 heterocycles. The minimum Gasteiger partial charge on any atom is -0.211 e. The van der Waals surface area contributed by atoms with Crippen molar-refractivity contribution >= 4 is 10.0 Å². The van der Waals surface area contributed by atoms with E-state index in [1.165, 1.54) is 11.1 Å². The third-order valence-corrected chi connectivity index (χ3v) is 4.95. The van der Waals surface area contributed by atoms with E-state index >= 15 is 0 Å². The monoisotopic (exact) mass is 289 g/mol. The zero-order chi connectivity index (χ0) is 14.6. The smallest absolute Gasteiger partial charge is 0.211 e. The van der Waals surface area contributed by atoms with Gasteiger partial charge in [0.25, 0.3) is 0 Å². The Kier molecular flexibility index (Phi) is 4.57. The van der Waals surface area contributed by atoms with Crippen molar-refractivity contribution in [3.05, 3.63) is 65.2 Å². The number of benzene rings is 2. The van der Waals surface area contributed by atoms with Gasteiger partial charge in [0, 0.05) is 6.54 Å². The van der Waals surface area contributed by atoms with Gasteiger partial charge < -0.3 is 0 Å². The summed E-state index contributed by atoms with van der Waals surface area (Å²) in [7, 11) is -3.42. The van der Waals surface area contributed by atoms with E-state index in [0.29, 0.717) is 17.9 Å². The van der Waals surface area contributed by atoms with Crippen LogP contribution in [0.4, 0.5) is 0 Å². The molecule has 0 saturated carbocycles. The Morgan fingerprint density at radius 3 is 2.15 bits per heavy atom. The second-order valence-electron chi connectivity index (χ2n) is 4.84. The Labute approximate surface area is 120 Å². The van der Waals surface area contributed by atoms with E-state index in [1.54, 1.807) is 25.1 Å². The Bertz CT molecular complexity index is 693. The van der Waals surface area contributed by atoms with Crippen LogP contribution in [-0.2, 0) is 16.4 Å². The van der Waals surface area contributed by atoms with Crippen molar-refractivity contribution < 1.29 is 8.42 Å². The molecule has 0 atom stereocenters. The molecule has 0 radical (unpaired) electrons. The molecule has 106 valence electrons. The second-order valence-corrected chi connectivity index (χ2v) is 6.58. The number of hydrogen-bond acceptors (Lipinski definition) is 2. The molecule has 0 spiro atoms. The Hall–Kier alpha value is -1.65. The number of aryl methyl sites for hydroxylation is 2. The van der Waals surface area contributed by atoms with Crippen LogP contribution in [0.25, 0.3) is 0 Å². The molecule has 1 N–H and O–H groups in total. The van der Waals surface area contributed by atoms with Crippen molar-refractivity contribution in [3.63, 3.8) is 0 Å². The van der Waals surface area contributed by atoms with E-state index in [9.17, 15) is 8.42 Å². The normalized spacial score (nSPS) is 11.5. The molecule has 2 aromatic rings. The van der Waals surface area contributed by atoms with E-state index in [2.05, 4.69) is 4.72 Å². The maximum Gasteiger partial charge on any atom is 0.240 e. The van der Waals surface area contributed by atoms with E-state index in [0.717, 1.165) is 5.56 Å². The first kappa shape index (κ1) is 14.8. The van der Waals surface area contributed by atoms with Crippen LogP contribution < -0.4 is 4.72 Å². The van der Waals surface area contributed by atoms with Crippen molar-refractivity contribution in [2.24, 2.45) is 0 Å². The summed E-state index contributed by atoms with van der Waals surface area (Å²) in [6.07, 6.45) is 0.692. The van der Waals surface area contributed by atoms with Gasteiger partial charge in [-0.1, -0.05) is 42.5 Å². The molecule has 0 saturated heterocycles. The number of hydrogen-bond donors (Lipinski definition) is 1. The molecule has 0 bridgehead atoms. The molecule has 0 amide bonds. The van der Waals surface area contributed by atoms with Crippen LogP contribution in [0.5, 0.6) is 0 Å². The van der Waals surface area contributed by atoms with Crippen molar-refractivity contribution in [1.29, 1.82) is 0 Å². The highest BCUT2D eigenvalue weighted by atomic mass is 32.2. The summed E-state index contributed by atoms with van der Waals surface area (Å²) in [6, 6.07) is 15.0. The standard InChI is InChI=1S/C16H19NO2S/c1-13-7-3-5-9-15(13)11-12-17-20(18,19)16-10-6-4-8-14(16)2/h3-10,17H,11-12H2,1-2H3. The third-order valence-electron chi connectivity index (χ3n) is 3.33. The summed E-state index contributed by atoms with van der Waals surface area (Å²) < 4.78 is 27.1. The highest BCUT2D eigenvalue weighted by Crippen LogP contribution is 2.14. The lowest BCUT2D eigenvalue weighted by molar-refractivity contribution is 0.581.